The van der Waals surface area contributed by atoms with Gasteiger partial charge in [0, 0.05) is 22.5 Å². The highest BCUT2D eigenvalue weighted by Crippen LogP contribution is 2.25. The van der Waals surface area contributed by atoms with Crippen LogP contribution in [-0.2, 0) is 0 Å². The molecule has 3 rings (SSSR count). The van der Waals surface area contributed by atoms with Crippen LogP contribution >= 0.6 is 0 Å². The third-order valence-corrected chi connectivity index (χ3v) is 4.61. The Hall–Kier alpha value is -3.40. The quantitative estimate of drug-likeness (QED) is 0.610. The second kappa shape index (κ2) is 8.53. The van der Waals surface area contributed by atoms with Gasteiger partial charge in [-0.3, -0.25) is 9.59 Å². The molecule has 2 N–H and O–H groups in total. The summed E-state index contributed by atoms with van der Waals surface area (Å²) in [4.78, 5) is 25.2. The standard InChI is InChI=1S/C24H24N2O2/c1-16(2)20-11-7-8-12-21(20)25-24(28)19-14-13-17(3)22(15-19)26-23(27)18-9-5-4-6-10-18/h4-16H,1-3H3,(H,25,28)(H,26,27). The molecule has 4 heteroatoms. The van der Waals surface area contributed by atoms with Crippen LogP contribution in [0.2, 0.25) is 0 Å². The van der Waals surface area contributed by atoms with Crippen LogP contribution in [0.5, 0.6) is 0 Å². The maximum atomic E-state index is 12.8. The molecule has 0 aliphatic carbocycles. The summed E-state index contributed by atoms with van der Waals surface area (Å²) < 4.78 is 0. The number of rotatable bonds is 5. The molecule has 142 valence electrons. The first-order chi connectivity index (χ1) is 13.5. The van der Waals surface area contributed by atoms with Crippen LogP contribution in [0, 0.1) is 6.92 Å². The van der Waals surface area contributed by atoms with Gasteiger partial charge in [-0.1, -0.05) is 56.3 Å². The molecule has 0 spiro atoms. The van der Waals surface area contributed by atoms with Crippen molar-refractivity contribution in [2.75, 3.05) is 10.6 Å². The molecule has 0 aliphatic rings. The highest BCUT2D eigenvalue weighted by molar-refractivity contribution is 6.08. The average molecular weight is 372 g/mol. The van der Waals surface area contributed by atoms with Gasteiger partial charge >= 0.3 is 0 Å². The number of para-hydroxylation sites is 1. The number of carbonyl (C=O) groups excluding carboxylic acids is 2. The molecule has 3 aromatic carbocycles. The van der Waals surface area contributed by atoms with Crippen molar-refractivity contribution in [2.45, 2.75) is 26.7 Å². The lowest BCUT2D eigenvalue weighted by Gasteiger charge is -2.15. The van der Waals surface area contributed by atoms with E-state index in [1.165, 1.54) is 0 Å². The third kappa shape index (κ3) is 4.46. The van der Waals surface area contributed by atoms with Gasteiger partial charge in [-0.25, -0.2) is 0 Å². The molecule has 0 fully saturated rings. The predicted molar refractivity (Wildman–Crippen MR) is 114 cm³/mol. The van der Waals surface area contributed by atoms with Crippen molar-refractivity contribution in [3.63, 3.8) is 0 Å². The molecule has 2 amide bonds. The van der Waals surface area contributed by atoms with E-state index in [1.54, 1.807) is 24.3 Å². The zero-order chi connectivity index (χ0) is 20.1. The fourth-order valence-corrected chi connectivity index (χ4v) is 2.99. The van der Waals surface area contributed by atoms with Crippen LogP contribution in [0.3, 0.4) is 0 Å². The summed E-state index contributed by atoms with van der Waals surface area (Å²) in [5.74, 6) is -0.107. The average Bonchev–Trinajstić information content (AvgIpc) is 2.70. The fourth-order valence-electron chi connectivity index (χ4n) is 2.99. The number of hydrogen-bond acceptors (Lipinski definition) is 2. The Balaban J connectivity index is 1.81. The normalized spacial score (nSPS) is 10.6. The van der Waals surface area contributed by atoms with E-state index in [4.69, 9.17) is 0 Å². The molecule has 0 aromatic heterocycles. The molecule has 0 saturated carbocycles. The van der Waals surface area contributed by atoms with Gasteiger partial charge in [0.05, 0.1) is 0 Å². The van der Waals surface area contributed by atoms with Crippen LogP contribution in [0.1, 0.15) is 51.6 Å². The van der Waals surface area contributed by atoms with Crippen molar-refractivity contribution < 1.29 is 9.59 Å². The van der Waals surface area contributed by atoms with Crippen molar-refractivity contribution in [2.24, 2.45) is 0 Å². The summed E-state index contributed by atoms with van der Waals surface area (Å²) in [6.45, 7) is 6.08. The maximum Gasteiger partial charge on any atom is 0.255 e. The van der Waals surface area contributed by atoms with Gasteiger partial charge < -0.3 is 10.6 Å². The molecule has 0 atom stereocenters. The highest BCUT2D eigenvalue weighted by atomic mass is 16.2. The predicted octanol–water partition coefficient (Wildman–Crippen LogP) is 5.62. The van der Waals surface area contributed by atoms with Crippen LogP contribution in [-0.4, -0.2) is 11.8 Å². The Morgan fingerprint density at radius 2 is 1.32 bits per heavy atom. The van der Waals surface area contributed by atoms with Crippen LogP contribution in [0.4, 0.5) is 11.4 Å². The number of aryl methyl sites for hydroxylation is 1. The minimum Gasteiger partial charge on any atom is -0.322 e. The van der Waals surface area contributed by atoms with E-state index in [0.29, 0.717) is 22.7 Å². The SMILES string of the molecule is Cc1ccc(C(=O)Nc2ccccc2C(C)C)cc1NC(=O)c1ccccc1. The highest BCUT2D eigenvalue weighted by Gasteiger charge is 2.13. The molecule has 0 heterocycles. The molecule has 0 aliphatic heterocycles. The molecule has 4 nitrogen and oxygen atoms in total. The van der Waals surface area contributed by atoms with Crippen LogP contribution in [0.25, 0.3) is 0 Å². The fraction of sp³-hybridized carbons (Fsp3) is 0.167. The van der Waals surface area contributed by atoms with Crippen molar-refractivity contribution in [1.82, 2.24) is 0 Å². The van der Waals surface area contributed by atoms with Crippen molar-refractivity contribution in [3.8, 4) is 0 Å². The second-order valence-electron chi connectivity index (χ2n) is 7.05. The smallest absolute Gasteiger partial charge is 0.255 e. The van der Waals surface area contributed by atoms with Crippen molar-refractivity contribution in [1.29, 1.82) is 0 Å². The molecular weight excluding hydrogens is 348 g/mol. The maximum absolute atomic E-state index is 12.8. The van der Waals surface area contributed by atoms with Crippen LogP contribution in [0.15, 0.2) is 72.8 Å². The molecule has 0 unspecified atom stereocenters. The number of hydrogen-bond donors (Lipinski definition) is 2. The van der Waals surface area contributed by atoms with E-state index in [-0.39, 0.29) is 11.8 Å². The van der Waals surface area contributed by atoms with Gasteiger partial charge in [0.25, 0.3) is 11.8 Å². The summed E-state index contributed by atoms with van der Waals surface area (Å²) in [6.07, 6.45) is 0. The number of carbonyl (C=O) groups is 2. The van der Waals surface area contributed by atoms with E-state index in [9.17, 15) is 9.59 Å². The van der Waals surface area contributed by atoms with Gasteiger partial charge in [-0.2, -0.15) is 0 Å². The lowest BCUT2D eigenvalue weighted by Crippen LogP contribution is -2.16. The first-order valence-corrected chi connectivity index (χ1v) is 9.33. The Kier molecular flexibility index (Phi) is 5.90. The van der Waals surface area contributed by atoms with Gasteiger partial charge in [0.15, 0.2) is 0 Å². The third-order valence-electron chi connectivity index (χ3n) is 4.61. The van der Waals surface area contributed by atoms with Crippen molar-refractivity contribution >= 4 is 23.2 Å². The summed E-state index contributed by atoms with van der Waals surface area (Å²) in [7, 11) is 0. The minimum absolute atomic E-state index is 0.202. The van der Waals surface area contributed by atoms with Gasteiger partial charge in [-0.05, 0) is 54.3 Å². The molecule has 28 heavy (non-hydrogen) atoms. The number of amides is 2. The molecule has 3 aromatic rings. The Labute approximate surface area is 165 Å². The zero-order valence-electron chi connectivity index (χ0n) is 16.3. The van der Waals surface area contributed by atoms with E-state index in [2.05, 4.69) is 24.5 Å². The van der Waals surface area contributed by atoms with E-state index in [0.717, 1.165) is 16.8 Å². The summed E-state index contributed by atoms with van der Waals surface area (Å²) in [5.41, 5.74) is 4.47. The Bertz CT molecular complexity index is 994. The monoisotopic (exact) mass is 372 g/mol. The minimum atomic E-state index is -0.205. The molecule has 0 saturated heterocycles. The van der Waals surface area contributed by atoms with Gasteiger partial charge in [0.2, 0.25) is 0 Å². The Morgan fingerprint density at radius 1 is 0.714 bits per heavy atom. The number of nitrogens with one attached hydrogen (secondary N) is 2. The first kappa shape index (κ1) is 19.4. The summed E-state index contributed by atoms with van der Waals surface area (Å²) in [5, 5.41) is 5.88. The zero-order valence-corrected chi connectivity index (χ0v) is 16.3. The number of benzene rings is 3. The molecule has 0 radical (unpaired) electrons. The topological polar surface area (TPSA) is 58.2 Å². The van der Waals surface area contributed by atoms with E-state index >= 15 is 0 Å². The first-order valence-electron chi connectivity index (χ1n) is 9.33. The second-order valence-corrected chi connectivity index (χ2v) is 7.05. The van der Waals surface area contributed by atoms with Gasteiger partial charge in [0.1, 0.15) is 0 Å². The summed E-state index contributed by atoms with van der Waals surface area (Å²) in [6, 6.07) is 22.1. The van der Waals surface area contributed by atoms with Crippen LogP contribution < -0.4 is 10.6 Å². The Morgan fingerprint density at radius 3 is 2.04 bits per heavy atom. The largest absolute Gasteiger partial charge is 0.322 e. The van der Waals surface area contributed by atoms with E-state index < -0.39 is 0 Å². The molecule has 0 bridgehead atoms. The number of anilines is 2. The van der Waals surface area contributed by atoms with Crippen molar-refractivity contribution in [3.05, 3.63) is 95.1 Å². The molecular formula is C24H24N2O2. The lowest BCUT2D eigenvalue weighted by molar-refractivity contribution is 0.101. The van der Waals surface area contributed by atoms with E-state index in [1.807, 2.05) is 55.5 Å². The summed E-state index contributed by atoms with van der Waals surface area (Å²) >= 11 is 0. The lowest BCUT2D eigenvalue weighted by atomic mass is 10.0. The van der Waals surface area contributed by atoms with Gasteiger partial charge in [-0.15, -0.1) is 0 Å².